The molecular weight excluding hydrogens is 486 g/mol. The lowest BCUT2D eigenvalue weighted by molar-refractivity contribution is -0.127. The van der Waals surface area contributed by atoms with Crippen molar-refractivity contribution in [2.24, 2.45) is 0 Å². The summed E-state index contributed by atoms with van der Waals surface area (Å²) in [5.41, 5.74) is 1.16. The monoisotopic (exact) mass is 501 g/mol. The number of halogens is 1. The van der Waals surface area contributed by atoms with E-state index < -0.39 is 17.1 Å². The molecule has 0 unspecified atom stereocenters. The van der Waals surface area contributed by atoms with Crippen LogP contribution in [0.25, 0.3) is 6.08 Å². The molecule has 1 aliphatic rings. The van der Waals surface area contributed by atoms with Gasteiger partial charge in [-0.25, -0.2) is 0 Å². The molecule has 0 atom stereocenters. The quantitative estimate of drug-likeness (QED) is 0.570. The molecule has 1 fully saturated rings. The van der Waals surface area contributed by atoms with E-state index >= 15 is 0 Å². The summed E-state index contributed by atoms with van der Waals surface area (Å²) in [7, 11) is 1.45. The average molecular weight is 502 g/mol. The molecule has 1 heterocycles. The molecule has 3 amide bonds. The summed E-state index contributed by atoms with van der Waals surface area (Å²) < 4.78 is 11.4. The van der Waals surface area contributed by atoms with E-state index in [0.29, 0.717) is 22.7 Å². The van der Waals surface area contributed by atoms with Gasteiger partial charge in [-0.3, -0.25) is 19.3 Å². The zero-order valence-electron chi connectivity index (χ0n) is 16.3. The summed E-state index contributed by atoms with van der Waals surface area (Å²) in [6.07, 6.45) is 1.54. The van der Waals surface area contributed by atoms with Gasteiger partial charge >= 0.3 is 0 Å². The molecule has 0 radical (unpaired) electrons. The van der Waals surface area contributed by atoms with Gasteiger partial charge in [0.2, 0.25) is 5.91 Å². The first-order valence-electron chi connectivity index (χ1n) is 8.90. The van der Waals surface area contributed by atoms with E-state index in [1.807, 2.05) is 6.07 Å². The number of carbonyl (C=O) groups excluding carboxylic acids is 3. The van der Waals surface area contributed by atoms with Crippen molar-refractivity contribution in [2.75, 3.05) is 25.6 Å². The van der Waals surface area contributed by atoms with Crippen molar-refractivity contribution in [3.63, 3.8) is 0 Å². The summed E-state index contributed by atoms with van der Waals surface area (Å²) >= 11 is 4.06. The second-order valence-electron chi connectivity index (χ2n) is 6.18. The smallest absolute Gasteiger partial charge is 0.294 e. The molecule has 3 rings (SSSR count). The number of benzene rings is 2. The topological polar surface area (TPSA) is 109 Å². The molecule has 0 saturated carbocycles. The predicted molar refractivity (Wildman–Crippen MR) is 120 cm³/mol. The molecule has 31 heavy (non-hydrogen) atoms. The first-order chi connectivity index (χ1) is 14.9. The van der Waals surface area contributed by atoms with Gasteiger partial charge in [-0.05, 0) is 59.8 Å². The van der Waals surface area contributed by atoms with Gasteiger partial charge in [-0.2, -0.15) is 5.26 Å². The molecule has 8 nitrogen and oxygen atoms in total. The minimum absolute atomic E-state index is 0.128. The van der Waals surface area contributed by atoms with Crippen LogP contribution in [0.5, 0.6) is 11.5 Å². The molecule has 0 aliphatic carbocycles. The van der Waals surface area contributed by atoms with Gasteiger partial charge in [0.25, 0.3) is 11.1 Å². The predicted octanol–water partition coefficient (Wildman–Crippen LogP) is 4.04. The number of hydrogen-bond acceptors (Lipinski definition) is 7. The van der Waals surface area contributed by atoms with E-state index in [1.54, 1.807) is 42.5 Å². The molecular formula is C21H16BrN3O5S. The fraction of sp³-hybridized carbons (Fsp3) is 0.143. The molecule has 0 aromatic heterocycles. The Kier molecular flexibility index (Phi) is 7.33. The van der Waals surface area contributed by atoms with Gasteiger partial charge in [0.15, 0.2) is 18.1 Å². The van der Waals surface area contributed by atoms with Gasteiger partial charge in [0.1, 0.15) is 12.6 Å². The lowest BCUT2D eigenvalue weighted by Crippen LogP contribution is -2.36. The number of methoxy groups -OCH3 is 1. The highest BCUT2D eigenvalue weighted by molar-refractivity contribution is 9.10. The highest BCUT2D eigenvalue weighted by Gasteiger charge is 2.36. The molecule has 2 aromatic rings. The third kappa shape index (κ3) is 5.65. The Morgan fingerprint density at radius 1 is 1.23 bits per heavy atom. The van der Waals surface area contributed by atoms with Crippen molar-refractivity contribution in [3.8, 4) is 17.6 Å². The first-order valence-corrected chi connectivity index (χ1v) is 10.5. The Hall–Kier alpha value is -3.29. The van der Waals surface area contributed by atoms with Crippen LogP contribution in [0.1, 0.15) is 5.56 Å². The zero-order valence-corrected chi connectivity index (χ0v) is 18.7. The molecule has 158 valence electrons. The van der Waals surface area contributed by atoms with Gasteiger partial charge in [-0.1, -0.05) is 22.0 Å². The Balaban J connectivity index is 1.70. The minimum Gasteiger partial charge on any atom is -0.493 e. The second kappa shape index (κ2) is 10.1. The van der Waals surface area contributed by atoms with E-state index in [4.69, 9.17) is 14.7 Å². The number of imide groups is 1. The van der Waals surface area contributed by atoms with Crippen LogP contribution < -0.4 is 14.8 Å². The number of rotatable bonds is 7. The van der Waals surface area contributed by atoms with Crippen LogP contribution in [-0.2, 0) is 9.59 Å². The molecule has 0 spiro atoms. The van der Waals surface area contributed by atoms with Gasteiger partial charge < -0.3 is 14.8 Å². The van der Waals surface area contributed by atoms with Crippen LogP contribution >= 0.6 is 27.7 Å². The lowest BCUT2D eigenvalue weighted by atomic mass is 10.2. The number of nitrogens with zero attached hydrogens (tertiary/aromatic N) is 2. The lowest BCUT2D eigenvalue weighted by Gasteiger charge is -2.12. The molecule has 1 saturated heterocycles. The van der Waals surface area contributed by atoms with Gasteiger partial charge in [-0.15, -0.1) is 0 Å². The van der Waals surface area contributed by atoms with Gasteiger partial charge in [0, 0.05) is 10.2 Å². The fourth-order valence-corrected chi connectivity index (χ4v) is 3.77. The van der Waals surface area contributed by atoms with Crippen LogP contribution in [0.2, 0.25) is 0 Å². The van der Waals surface area contributed by atoms with E-state index in [9.17, 15) is 14.4 Å². The maximum absolute atomic E-state index is 12.7. The Morgan fingerprint density at radius 2 is 1.97 bits per heavy atom. The molecule has 0 bridgehead atoms. The van der Waals surface area contributed by atoms with Crippen LogP contribution in [-0.4, -0.2) is 42.2 Å². The van der Waals surface area contributed by atoms with Crippen molar-refractivity contribution < 1.29 is 23.9 Å². The van der Waals surface area contributed by atoms with E-state index in [-0.39, 0.29) is 18.1 Å². The Morgan fingerprint density at radius 3 is 2.65 bits per heavy atom. The van der Waals surface area contributed by atoms with Crippen LogP contribution in [0, 0.1) is 11.3 Å². The standard InChI is InChI=1S/C21H16BrN3O5S/c1-29-17-10-13(2-7-16(17)30-9-8-23)11-18-20(27)25(21(28)31-18)12-19(26)24-15-5-3-14(22)4-6-15/h2-7,10-11H,9,12H2,1H3,(H,24,26)/b18-11-. The highest BCUT2D eigenvalue weighted by atomic mass is 79.9. The Labute approximate surface area is 190 Å². The van der Waals surface area contributed by atoms with Crippen molar-refractivity contribution in [2.45, 2.75) is 0 Å². The van der Waals surface area contributed by atoms with E-state index in [1.165, 1.54) is 13.2 Å². The molecule has 2 aromatic carbocycles. The van der Waals surface area contributed by atoms with Crippen molar-refractivity contribution >= 4 is 56.5 Å². The largest absolute Gasteiger partial charge is 0.493 e. The number of nitriles is 1. The number of carbonyl (C=O) groups is 3. The Bertz CT molecular complexity index is 1100. The van der Waals surface area contributed by atoms with Crippen molar-refractivity contribution in [3.05, 3.63) is 57.4 Å². The summed E-state index contributed by atoms with van der Waals surface area (Å²) in [4.78, 5) is 38.3. The van der Waals surface area contributed by atoms with Crippen LogP contribution in [0.15, 0.2) is 51.8 Å². The molecule has 10 heteroatoms. The number of hydrogen-bond donors (Lipinski definition) is 1. The summed E-state index contributed by atoms with van der Waals surface area (Å²) in [6, 6.07) is 13.7. The third-order valence-corrected chi connectivity index (χ3v) is 5.52. The van der Waals surface area contributed by atoms with Crippen LogP contribution in [0.3, 0.4) is 0 Å². The summed E-state index contributed by atoms with van der Waals surface area (Å²) in [5.74, 6) is -0.257. The SMILES string of the molecule is COc1cc(/C=C2\SC(=O)N(CC(=O)Nc3ccc(Br)cc3)C2=O)ccc1OCC#N. The number of thioether (sulfide) groups is 1. The van der Waals surface area contributed by atoms with Crippen molar-refractivity contribution in [1.29, 1.82) is 5.26 Å². The van der Waals surface area contributed by atoms with Crippen LogP contribution in [0.4, 0.5) is 10.5 Å². The minimum atomic E-state index is -0.551. The zero-order chi connectivity index (χ0) is 22.4. The van der Waals surface area contributed by atoms with Gasteiger partial charge in [0.05, 0.1) is 12.0 Å². The summed E-state index contributed by atoms with van der Waals surface area (Å²) in [5, 5.41) is 10.8. The normalized spacial score (nSPS) is 14.5. The first kappa shape index (κ1) is 22.4. The maximum Gasteiger partial charge on any atom is 0.294 e. The van der Waals surface area contributed by atoms with Crippen molar-refractivity contribution in [1.82, 2.24) is 4.90 Å². The third-order valence-electron chi connectivity index (χ3n) is 4.08. The maximum atomic E-state index is 12.7. The average Bonchev–Trinajstić information content (AvgIpc) is 3.01. The number of nitrogens with one attached hydrogen (secondary N) is 1. The second-order valence-corrected chi connectivity index (χ2v) is 8.09. The van der Waals surface area contributed by atoms with E-state index in [0.717, 1.165) is 21.1 Å². The molecule has 1 aliphatic heterocycles. The number of amides is 3. The number of anilines is 1. The van der Waals surface area contributed by atoms with E-state index in [2.05, 4.69) is 21.2 Å². The summed E-state index contributed by atoms with van der Waals surface area (Å²) in [6.45, 7) is -0.515. The fourth-order valence-electron chi connectivity index (χ4n) is 2.67. The number of ether oxygens (including phenoxy) is 2. The highest BCUT2D eigenvalue weighted by Crippen LogP contribution is 2.34. The molecule has 1 N–H and O–H groups in total.